The predicted octanol–water partition coefficient (Wildman–Crippen LogP) is 2.09. The molecule has 0 saturated carbocycles. The summed E-state index contributed by atoms with van der Waals surface area (Å²) in [6.07, 6.45) is 2.07. The van der Waals surface area contributed by atoms with Gasteiger partial charge in [-0.25, -0.2) is 14.6 Å². The summed E-state index contributed by atoms with van der Waals surface area (Å²) in [6.45, 7) is 5.70. The van der Waals surface area contributed by atoms with Crippen LogP contribution in [0.25, 0.3) is 0 Å². The number of aromatic carboxylic acids is 1. The molecule has 1 aromatic heterocycles. The zero-order valence-electron chi connectivity index (χ0n) is 11.7. The molecule has 2 rings (SSSR count). The van der Waals surface area contributed by atoms with Crippen molar-refractivity contribution in [3.63, 3.8) is 0 Å². The van der Waals surface area contributed by atoms with E-state index in [2.05, 4.69) is 17.2 Å². The number of carbonyl (C=O) groups excluding carboxylic acids is 1. The Morgan fingerprint density at radius 2 is 2.10 bits per heavy atom. The van der Waals surface area contributed by atoms with Gasteiger partial charge in [-0.05, 0) is 25.7 Å². The molecule has 1 saturated heterocycles. The number of nitrogens with zero attached hydrogens (tertiary/aromatic N) is 2. The number of carbonyl (C=O) groups is 2. The molecule has 0 aliphatic carbocycles. The van der Waals surface area contributed by atoms with Crippen LogP contribution in [-0.4, -0.2) is 40.1 Å². The van der Waals surface area contributed by atoms with E-state index in [4.69, 9.17) is 5.11 Å². The zero-order valence-corrected chi connectivity index (χ0v) is 12.5. The molecule has 6 nitrogen and oxygen atoms in total. The predicted molar refractivity (Wildman–Crippen MR) is 76.0 cm³/mol. The van der Waals surface area contributed by atoms with Crippen molar-refractivity contribution < 1.29 is 14.7 Å². The Kier molecular flexibility index (Phi) is 4.59. The standard InChI is InChI=1S/C13H19N3O3S/c1-8-3-5-16(6-4-8)13(19)14-7-10-15-9(2)11(20-10)12(17)18/h8H,3-7H2,1-2H3,(H,14,19)(H,17,18). The number of carboxylic acids is 1. The van der Waals surface area contributed by atoms with Gasteiger partial charge in [-0.15, -0.1) is 11.3 Å². The number of amides is 2. The number of hydrogen-bond acceptors (Lipinski definition) is 4. The van der Waals surface area contributed by atoms with E-state index in [9.17, 15) is 9.59 Å². The molecule has 0 aromatic carbocycles. The SMILES string of the molecule is Cc1nc(CNC(=O)N2CCC(C)CC2)sc1C(=O)O. The van der Waals surface area contributed by atoms with Crippen LogP contribution in [0.3, 0.4) is 0 Å². The maximum Gasteiger partial charge on any atom is 0.347 e. The summed E-state index contributed by atoms with van der Waals surface area (Å²) in [5, 5.41) is 12.4. The van der Waals surface area contributed by atoms with Crippen LogP contribution in [0.4, 0.5) is 4.79 Å². The van der Waals surface area contributed by atoms with Gasteiger partial charge in [0, 0.05) is 13.1 Å². The maximum atomic E-state index is 12.0. The second-order valence-electron chi connectivity index (χ2n) is 5.16. The second kappa shape index (κ2) is 6.21. The normalized spacial score (nSPS) is 16.2. The summed E-state index contributed by atoms with van der Waals surface area (Å²) in [5.41, 5.74) is 0.499. The highest BCUT2D eigenvalue weighted by Crippen LogP contribution is 2.18. The van der Waals surface area contributed by atoms with Crippen LogP contribution in [0.15, 0.2) is 0 Å². The van der Waals surface area contributed by atoms with Crippen molar-refractivity contribution in [1.82, 2.24) is 15.2 Å². The molecule has 0 unspecified atom stereocenters. The van der Waals surface area contributed by atoms with Crippen LogP contribution in [0.5, 0.6) is 0 Å². The Balaban J connectivity index is 1.87. The second-order valence-corrected chi connectivity index (χ2v) is 6.24. The highest BCUT2D eigenvalue weighted by Gasteiger charge is 2.20. The van der Waals surface area contributed by atoms with Crippen LogP contribution < -0.4 is 5.32 Å². The fourth-order valence-electron chi connectivity index (χ4n) is 2.20. The van der Waals surface area contributed by atoms with Crippen LogP contribution in [-0.2, 0) is 6.54 Å². The smallest absolute Gasteiger partial charge is 0.347 e. The monoisotopic (exact) mass is 297 g/mol. The van der Waals surface area contributed by atoms with Crippen molar-refractivity contribution in [2.45, 2.75) is 33.2 Å². The minimum atomic E-state index is -0.970. The molecule has 2 heterocycles. The summed E-state index contributed by atoms with van der Waals surface area (Å²) in [7, 11) is 0. The molecule has 7 heteroatoms. The maximum absolute atomic E-state index is 12.0. The van der Waals surface area contributed by atoms with Gasteiger partial charge < -0.3 is 15.3 Å². The van der Waals surface area contributed by atoms with Gasteiger partial charge in [0.25, 0.3) is 0 Å². The number of aromatic nitrogens is 1. The molecule has 20 heavy (non-hydrogen) atoms. The third-order valence-electron chi connectivity index (χ3n) is 3.50. The number of piperidine rings is 1. The lowest BCUT2D eigenvalue weighted by molar-refractivity contribution is 0.0701. The van der Waals surface area contributed by atoms with Crippen LogP contribution in [0.2, 0.25) is 0 Å². The largest absolute Gasteiger partial charge is 0.477 e. The lowest BCUT2D eigenvalue weighted by Crippen LogP contribution is -2.43. The van der Waals surface area contributed by atoms with E-state index < -0.39 is 5.97 Å². The first-order valence-electron chi connectivity index (χ1n) is 6.69. The van der Waals surface area contributed by atoms with Crippen LogP contribution in [0, 0.1) is 12.8 Å². The quantitative estimate of drug-likeness (QED) is 0.895. The van der Waals surface area contributed by atoms with E-state index in [-0.39, 0.29) is 17.5 Å². The van der Waals surface area contributed by atoms with Gasteiger partial charge in [0.05, 0.1) is 12.2 Å². The number of likely N-dealkylation sites (tertiary alicyclic amines) is 1. The van der Waals surface area contributed by atoms with Crippen LogP contribution >= 0.6 is 11.3 Å². The van der Waals surface area contributed by atoms with Gasteiger partial charge in [0.2, 0.25) is 0 Å². The number of rotatable bonds is 3. The van der Waals surface area contributed by atoms with Crippen LogP contribution in [0.1, 0.15) is 40.1 Å². The molecule has 0 radical (unpaired) electrons. The van der Waals surface area contributed by atoms with E-state index in [1.165, 1.54) is 0 Å². The van der Waals surface area contributed by atoms with Gasteiger partial charge in [0.1, 0.15) is 9.88 Å². The fraction of sp³-hybridized carbons (Fsp3) is 0.615. The Bertz CT molecular complexity index is 507. The van der Waals surface area contributed by atoms with E-state index in [0.29, 0.717) is 16.6 Å². The van der Waals surface area contributed by atoms with E-state index in [0.717, 1.165) is 37.3 Å². The number of nitrogens with one attached hydrogen (secondary N) is 1. The molecule has 0 bridgehead atoms. The average molecular weight is 297 g/mol. The van der Waals surface area contributed by atoms with Gasteiger partial charge in [-0.2, -0.15) is 0 Å². The minimum absolute atomic E-state index is 0.0957. The molecule has 0 spiro atoms. The first-order chi connectivity index (χ1) is 9.47. The molecule has 1 aromatic rings. The van der Waals surface area contributed by atoms with Crippen molar-refractivity contribution in [3.05, 3.63) is 15.6 Å². The molecule has 2 amide bonds. The van der Waals surface area contributed by atoms with Gasteiger partial charge in [0.15, 0.2) is 0 Å². The van der Waals surface area contributed by atoms with Crippen molar-refractivity contribution >= 4 is 23.3 Å². The lowest BCUT2D eigenvalue weighted by atomic mass is 10.00. The number of aryl methyl sites for hydroxylation is 1. The summed E-state index contributed by atoms with van der Waals surface area (Å²) in [6, 6.07) is -0.0957. The summed E-state index contributed by atoms with van der Waals surface area (Å²) in [4.78, 5) is 29.1. The molecule has 110 valence electrons. The number of urea groups is 1. The topological polar surface area (TPSA) is 82.5 Å². The third-order valence-corrected chi connectivity index (χ3v) is 4.64. The van der Waals surface area contributed by atoms with Gasteiger partial charge in [-0.3, -0.25) is 0 Å². The molecule has 1 aliphatic rings. The Morgan fingerprint density at radius 3 is 2.65 bits per heavy atom. The molecule has 1 aliphatic heterocycles. The Labute approximate surface area is 121 Å². The highest BCUT2D eigenvalue weighted by atomic mass is 32.1. The highest BCUT2D eigenvalue weighted by molar-refractivity contribution is 7.13. The average Bonchev–Trinajstić information content (AvgIpc) is 2.78. The van der Waals surface area contributed by atoms with E-state index >= 15 is 0 Å². The Hall–Kier alpha value is -1.63. The van der Waals surface area contributed by atoms with Gasteiger partial charge in [-0.1, -0.05) is 6.92 Å². The number of hydrogen-bond donors (Lipinski definition) is 2. The first kappa shape index (κ1) is 14.8. The summed E-state index contributed by atoms with van der Waals surface area (Å²) >= 11 is 1.11. The van der Waals surface area contributed by atoms with Crippen molar-refractivity contribution in [2.24, 2.45) is 5.92 Å². The van der Waals surface area contributed by atoms with Crippen molar-refractivity contribution in [3.8, 4) is 0 Å². The molecular weight excluding hydrogens is 278 g/mol. The molecule has 0 atom stereocenters. The van der Waals surface area contributed by atoms with Gasteiger partial charge >= 0.3 is 12.0 Å². The number of carboxylic acid groups (broad SMARTS) is 1. The van der Waals surface area contributed by atoms with E-state index in [1.54, 1.807) is 11.8 Å². The minimum Gasteiger partial charge on any atom is -0.477 e. The molecule has 2 N–H and O–H groups in total. The summed E-state index contributed by atoms with van der Waals surface area (Å²) < 4.78 is 0. The lowest BCUT2D eigenvalue weighted by Gasteiger charge is -2.30. The van der Waals surface area contributed by atoms with Crippen molar-refractivity contribution in [1.29, 1.82) is 0 Å². The zero-order chi connectivity index (χ0) is 14.7. The summed E-state index contributed by atoms with van der Waals surface area (Å²) in [5.74, 6) is -0.290. The molecular formula is C13H19N3O3S. The van der Waals surface area contributed by atoms with E-state index in [1.807, 2.05) is 0 Å². The number of thiazole rings is 1. The third kappa shape index (κ3) is 3.47. The van der Waals surface area contributed by atoms with Crippen molar-refractivity contribution in [2.75, 3.05) is 13.1 Å². The molecule has 1 fully saturated rings. The first-order valence-corrected chi connectivity index (χ1v) is 7.51. The fourth-order valence-corrected chi connectivity index (χ4v) is 3.04. The Morgan fingerprint density at radius 1 is 1.45 bits per heavy atom.